The fourth-order valence-corrected chi connectivity index (χ4v) is 6.63. The topological polar surface area (TPSA) is 86.8 Å². The monoisotopic (exact) mass is 575 g/mol. The van der Waals surface area contributed by atoms with Gasteiger partial charge in [-0.05, 0) is 69.9 Å². The predicted octanol–water partition coefficient (Wildman–Crippen LogP) is 5.41. The van der Waals surface area contributed by atoms with E-state index >= 15 is 0 Å². The van der Waals surface area contributed by atoms with Gasteiger partial charge in [0.15, 0.2) is 0 Å². The molecule has 7 nitrogen and oxygen atoms in total. The van der Waals surface area contributed by atoms with Crippen molar-refractivity contribution in [1.29, 1.82) is 0 Å². The summed E-state index contributed by atoms with van der Waals surface area (Å²) in [6, 6.07) is 22.8. The number of anilines is 1. The highest BCUT2D eigenvalue weighted by Crippen LogP contribution is 2.25. The Labute approximate surface area is 244 Å². The molecule has 218 valence electrons. The van der Waals surface area contributed by atoms with E-state index in [4.69, 9.17) is 0 Å². The molecule has 3 aromatic carbocycles. The molecule has 41 heavy (non-hydrogen) atoms. The molecule has 2 amide bonds. The molecule has 1 aliphatic carbocycles. The number of nitrogens with zero attached hydrogens (tertiary/aromatic N) is 2. The maximum Gasteiger partial charge on any atom is 0.264 e. The molecule has 1 saturated carbocycles. The first kappa shape index (κ1) is 30.3. The summed E-state index contributed by atoms with van der Waals surface area (Å²) in [5.74, 6) is -0.634. The zero-order chi connectivity index (χ0) is 29.4. The van der Waals surface area contributed by atoms with Crippen molar-refractivity contribution in [2.45, 2.75) is 76.3 Å². The van der Waals surface area contributed by atoms with Crippen molar-refractivity contribution in [1.82, 2.24) is 10.2 Å². The summed E-state index contributed by atoms with van der Waals surface area (Å²) in [6.45, 7) is 5.41. The van der Waals surface area contributed by atoms with Crippen molar-refractivity contribution >= 4 is 27.5 Å². The van der Waals surface area contributed by atoms with Crippen LogP contribution in [0, 0.1) is 13.8 Å². The fraction of sp³-hybridized carbons (Fsp3) is 0.394. The number of amides is 2. The van der Waals surface area contributed by atoms with Gasteiger partial charge in [0.2, 0.25) is 11.8 Å². The third-order valence-electron chi connectivity index (χ3n) is 7.81. The minimum atomic E-state index is -4.06. The first-order valence-corrected chi connectivity index (χ1v) is 15.9. The Morgan fingerprint density at radius 2 is 1.44 bits per heavy atom. The van der Waals surface area contributed by atoms with E-state index in [9.17, 15) is 18.0 Å². The molecule has 1 unspecified atom stereocenters. The van der Waals surface area contributed by atoms with Crippen LogP contribution < -0.4 is 9.62 Å². The standard InChI is InChI=1S/C33H41N3O4S/c1-25-14-18-30(19-15-25)36(41(39,40)31-20-16-26(2)17-21-31)24-32(37)35(23-22-28-10-6-4-7-11-28)27(3)33(38)34-29-12-8-5-9-13-29/h4,6-7,10-11,14-21,27,29H,5,8-9,12-13,22-24H2,1-3H3,(H,34,38). The second kappa shape index (κ2) is 13.8. The largest absolute Gasteiger partial charge is 0.352 e. The fourth-order valence-electron chi connectivity index (χ4n) is 5.22. The molecule has 1 N–H and O–H groups in total. The molecule has 0 aliphatic heterocycles. The van der Waals surface area contributed by atoms with Gasteiger partial charge >= 0.3 is 0 Å². The number of rotatable bonds is 11. The van der Waals surface area contributed by atoms with E-state index in [1.807, 2.05) is 56.3 Å². The number of carbonyl (C=O) groups excluding carboxylic acids is 2. The molecular weight excluding hydrogens is 534 g/mol. The van der Waals surface area contributed by atoms with E-state index in [-0.39, 0.29) is 23.4 Å². The van der Waals surface area contributed by atoms with Crippen molar-refractivity contribution in [2.24, 2.45) is 0 Å². The van der Waals surface area contributed by atoms with Gasteiger partial charge in [0, 0.05) is 12.6 Å². The van der Waals surface area contributed by atoms with E-state index in [0.717, 1.165) is 46.7 Å². The predicted molar refractivity (Wildman–Crippen MR) is 163 cm³/mol. The van der Waals surface area contributed by atoms with Gasteiger partial charge in [0.1, 0.15) is 12.6 Å². The Kier molecular flexibility index (Phi) is 10.2. The highest BCUT2D eigenvalue weighted by molar-refractivity contribution is 7.92. The van der Waals surface area contributed by atoms with Gasteiger partial charge in [0.25, 0.3) is 10.0 Å². The van der Waals surface area contributed by atoms with E-state index in [1.165, 1.54) is 11.3 Å². The summed E-state index contributed by atoms with van der Waals surface area (Å²) >= 11 is 0. The number of hydrogen-bond acceptors (Lipinski definition) is 4. The minimum Gasteiger partial charge on any atom is -0.352 e. The van der Waals surface area contributed by atoms with E-state index in [2.05, 4.69) is 5.32 Å². The third kappa shape index (κ3) is 7.97. The van der Waals surface area contributed by atoms with Crippen LogP contribution in [0.2, 0.25) is 0 Å². The van der Waals surface area contributed by atoms with Crippen LogP contribution in [0.3, 0.4) is 0 Å². The molecule has 0 radical (unpaired) electrons. The van der Waals surface area contributed by atoms with Gasteiger partial charge in [-0.1, -0.05) is 85.0 Å². The van der Waals surface area contributed by atoms with Crippen LogP contribution in [0.1, 0.15) is 55.7 Å². The Morgan fingerprint density at radius 3 is 2.05 bits per heavy atom. The van der Waals surface area contributed by atoms with Crippen molar-refractivity contribution in [3.8, 4) is 0 Å². The van der Waals surface area contributed by atoms with Crippen LogP contribution in [-0.4, -0.2) is 50.3 Å². The summed E-state index contributed by atoms with van der Waals surface area (Å²) < 4.78 is 29.0. The normalized spacial score (nSPS) is 14.7. The number of benzene rings is 3. The Morgan fingerprint density at radius 1 is 0.854 bits per heavy atom. The van der Waals surface area contributed by atoms with Crippen molar-refractivity contribution < 1.29 is 18.0 Å². The summed E-state index contributed by atoms with van der Waals surface area (Å²) in [5, 5.41) is 3.14. The maximum atomic E-state index is 14.0. The van der Waals surface area contributed by atoms with Crippen LogP contribution in [0.5, 0.6) is 0 Å². The second-order valence-electron chi connectivity index (χ2n) is 11.0. The van der Waals surface area contributed by atoms with E-state index in [1.54, 1.807) is 43.3 Å². The van der Waals surface area contributed by atoms with Crippen molar-refractivity contribution in [3.63, 3.8) is 0 Å². The van der Waals surface area contributed by atoms with Gasteiger partial charge < -0.3 is 10.2 Å². The van der Waals surface area contributed by atoms with Crippen LogP contribution in [0.15, 0.2) is 83.8 Å². The molecular formula is C33H41N3O4S. The molecule has 3 aromatic rings. The SMILES string of the molecule is Cc1ccc(N(CC(=O)N(CCc2ccccc2)C(C)C(=O)NC2CCCCC2)S(=O)(=O)c2ccc(C)cc2)cc1. The molecule has 0 heterocycles. The highest BCUT2D eigenvalue weighted by Gasteiger charge is 2.33. The summed E-state index contributed by atoms with van der Waals surface area (Å²) in [4.78, 5) is 29.0. The van der Waals surface area contributed by atoms with E-state index < -0.39 is 28.5 Å². The number of nitrogens with one attached hydrogen (secondary N) is 1. The summed E-state index contributed by atoms with van der Waals surface area (Å²) in [5.41, 5.74) is 3.34. The van der Waals surface area contributed by atoms with Crippen LogP contribution >= 0.6 is 0 Å². The van der Waals surface area contributed by atoms with Gasteiger partial charge in [-0.25, -0.2) is 8.42 Å². The summed E-state index contributed by atoms with van der Waals surface area (Å²) in [7, 11) is -4.06. The number of hydrogen-bond donors (Lipinski definition) is 1. The number of aryl methyl sites for hydroxylation is 2. The van der Waals surface area contributed by atoms with Gasteiger partial charge in [0.05, 0.1) is 10.6 Å². The quantitative estimate of drug-likeness (QED) is 0.331. The molecule has 0 saturated heterocycles. The highest BCUT2D eigenvalue weighted by atomic mass is 32.2. The maximum absolute atomic E-state index is 14.0. The van der Waals surface area contributed by atoms with Gasteiger partial charge in [-0.3, -0.25) is 13.9 Å². The molecule has 1 fully saturated rings. The Bertz CT molecular complexity index is 1400. The first-order chi connectivity index (χ1) is 19.6. The first-order valence-electron chi connectivity index (χ1n) is 14.4. The molecule has 0 spiro atoms. The zero-order valence-corrected chi connectivity index (χ0v) is 25.1. The Balaban J connectivity index is 1.63. The second-order valence-corrected chi connectivity index (χ2v) is 12.9. The lowest BCUT2D eigenvalue weighted by Crippen LogP contribution is -2.53. The molecule has 0 aromatic heterocycles. The lowest BCUT2D eigenvalue weighted by Gasteiger charge is -2.33. The third-order valence-corrected chi connectivity index (χ3v) is 9.60. The molecule has 4 rings (SSSR count). The van der Waals surface area contributed by atoms with E-state index in [0.29, 0.717) is 12.1 Å². The van der Waals surface area contributed by atoms with Crippen molar-refractivity contribution in [2.75, 3.05) is 17.4 Å². The zero-order valence-electron chi connectivity index (χ0n) is 24.3. The smallest absolute Gasteiger partial charge is 0.264 e. The molecule has 1 atom stereocenters. The lowest BCUT2D eigenvalue weighted by molar-refractivity contribution is -0.139. The van der Waals surface area contributed by atoms with Crippen LogP contribution in [0.4, 0.5) is 5.69 Å². The van der Waals surface area contributed by atoms with Crippen molar-refractivity contribution in [3.05, 3.63) is 95.6 Å². The average molecular weight is 576 g/mol. The summed E-state index contributed by atoms with van der Waals surface area (Å²) in [6.07, 6.45) is 5.76. The molecule has 0 bridgehead atoms. The lowest BCUT2D eigenvalue weighted by atomic mass is 9.95. The average Bonchev–Trinajstić information content (AvgIpc) is 2.97. The van der Waals surface area contributed by atoms with Gasteiger partial charge in [-0.2, -0.15) is 0 Å². The van der Waals surface area contributed by atoms with Crippen LogP contribution in [-0.2, 0) is 26.0 Å². The van der Waals surface area contributed by atoms with Gasteiger partial charge in [-0.15, -0.1) is 0 Å². The number of sulfonamides is 1. The van der Waals surface area contributed by atoms with Crippen LogP contribution in [0.25, 0.3) is 0 Å². The Hall–Kier alpha value is -3.65. The molecule has 8 heteroatoms. The minimum absolute atomic E-state index is 0.107. The number of carbonyl (C=O) groups is 2. The molecule has 1 aliphatic rings.